The van der Waals surface area contributed by atoms with E-state index in [4.69, 9.17) is 5.11 Å². The molecule has 0 bridgehead atoms. The Morgan fingerprint density at radius 3 is 2.83 bits per heavy atom. The fourth-order valence-corrected chi connectivity index (χ4v) is 1.99. The minimum absolute atomic E-state index is 0.217. The van der Waals surface area contributed by atoms with Crippen LogP contribution < -0.4 is 5.32 Å². The average molecular weight is 271 g/mol. The first-order valence-corrected chi connectivity index (χ1v) is 6.44. The molecule has 0 fully saturated rings. The van der Waals surface area contributed by atoms with Crippen LogP contribution in [-0.2, 0) is 4.79 Å². The maximum Gasteiger partial charge on any atom is 0.273 e. The Morgan fingerprint density at radius 2 is 2.28 bits per heavy atom. The second-order valence-corrected chi connectivity index (χ2v) is 4.94. The third kappa shape index (κ3) is 4.42. The molecule has 1 atom stereocenters. The van der Waals surface area contributed by atoms with Crippen molar-refractivity contribution in [1.29, 1.82) is 0 Å². The summed E-state index contributed by atoms with van der Waals surface area (Å²) < 4.78 is 0. The van der Waals surface area contributed by atoms with E-state index in [0.29, 0.717) is 23.8 Å². The van der Waals surface area contributed by atoms with Crippen LogP contribution in [0, 0.1) is 0 Å². The van der Waals surface area contributed by atoms with Crippen LogP contribution in [0.25, 0.3) is 0 Å². The number of thiazole rings is 1. The van der Waals surface area contributed by atoms with E-state index < -0.39 is 6.10 Å². The number of nitrogens with one attached hydrogen (secondary N) is 1. The Hall–Kier alpha value is -1.47. The zero-order valence-electron chi connectivity index (χ0n) is 10.6. The molecule has 0 spiro atoms. The molecular formula is C11H17N3O3S. The molecule has 0 aliphatic carbocycles. The predicted octanol–water partition coefficient (Wildman–Crippen LogP) is 0.944. The van der Waals surface area contributed by atoms with Crippen molar-refractivity contribution in [2.24, 2.45) is 0 Å². The van der Waals surface area contributed by atoms with Gasteiger partial charge in [0.1, 0.15) is 5.69 Å². The fourth-order valence-electron chi connectivity index (χ4n) is 1.26. The van der Waals surface area contributed by atoms with Gasteiger partial charge in [-0.05, 0) is 13.3 Å². The minimum Gasteiger partial charge on any atom is -0.393 e. The zero-order valence-corrected chi connectivity index (χ0v) is 11.5. The molecule has 0 aromatic carbocycles. The number of carbonyl (C=O) groups excluding carboxylic acids is 2. The zero-order chi connectivity index (χ0) is 13.7. The monoisotopic (exact) mass is 271 g/mol. The van der Waals surface area contributed by atoms with E-state index >= 15 is 0 Å². The Kier molecular flexibility index (Phi) is 5.24. The third-order valence-electron chi connectivity index (χ3n) is 2.24. The molecule has 1 aromatic heterocycles. The normalized spacial score (nSPS) is 12.0. The van der Waals surface area contributed by atoms with E-state index in [0.717, 1.165) is 0 Å². The van der Waals surface area contributed by atoms with Crippen LogP contribution in [0.1, 0.15) is 30.8 Å². The minimum atomic E-state index is -0.439. The van der Waals surface area contributed by atoms with Crippen LogP contribution in [0.15, 0.2) is 5.38 Å². The number of nitrogens with zero attached hydrogens (tertiary/aromatic N) is 2. The molecule has 18 heavy (non-hydrogen) atoms. The first-order chi connectivity index (χ1) is 8.40. The molecule has 0 aliphatic rings. The molecule has 1 aromatic rings. The molecule has 1 unspecified atom stereocenters. The predicted molar refractivity (Wildman–Crippen MR) is 69.7 cm³/mol. The van der Waals surface area contributed by atoms with Crippen molar-refractivity contribution in [3.8, 4) is 0 Å². The highest BCUT2D eigenvalue weighted by Crippen LogP contribution is 2.16. The van der Waals surface area contributed by atoms with E-state index in [1.54, 1.807) is 19.4 Å². The van der Waals surface area contributed by atoms with E-state index in [2.05, 4.69) is 10.3 Å². The van der Waals surface area contributed by atoms with E-state index in [1.807, 2.05) is 0 Å². The molecular weight excluding hydrogens is 254 g/mol. The summed E-state index contributed by atoms with van der Waals surface area (Å²) >= 11 is 1.21. The number of hydrogen-bond acceptors (Lipinski definition) is 5. The average Bonchev–Trinajstić information content (AvgIpc) is 2.72. The van der Waals surface area contributed by atoms with Gasteiger partial charge in [0.25, 0.3) is 5.91 Å². The molecule has 6 nitrogen and oxygen atoms in total. The number of aliphatic hydroxyl groups is 1. The van der Waals surface area contributed by atoms with Gasteiger partial charge >= 0.3 is 0 Å². The van der Waals surface area contributed by atoms with Gasteiger partial charge in [0.15, 0.2) is 5.13 Å². The molecule has 2 amide bonds. The van der Waals surface area contributed by atoms with Crippen LogP contribution in [0.5, 0.6) is 0 Å². The molecule has 100 valence electrons. The maximum atomic E-state index is 11.9. The Balaban J connectivity index is 2.60. The molecule has 0 saturated carbocycles. The quantitative estimate of drug-likeness (QED) is 0.835. The number of rotatable bonds is 5. The Morgan fingerprint density at radius 1 is 1.61 bits per heavy atom. The fraction of sp³-hybridized carbons (Fsp3) is 0.545. The number of hydrogen-bond donors (Lipinski definition) is 2. The van der Waals surface area contributed by atoms with Gasteiger partial charge in [0.05, 0.1) is 6.10 Å². The maximum absolute atomic E-state index is 11.9. The lowest BCUT2D eigenvalue weighted by atomic mass is 10.2. The van der Waals surface area contributed by atoms with Crippen molar-refractivity contribution in [2.45, 2.75) is 26.4 Å². The van der Waals surface area contributed by atoms with Crippen molar-refractivity contribution in [3.63, 3.8) is 0 Å². The lowest BCUT2D eigenvalue weighted by Gasteiger charge is -2.16. The molecule has 0 aliphatic heterocycles. The van der Waals surface area contributed by atoms with Crippen LogP contribution in [0.3, 0.4) is 0 Å². The molecule has 2 N–H and O–H groups in total. The van der Waals surface area contributed by atoms with E-state index in [9.17, 15) is 9.59 Å². The van der Waals surface area contributed by atoms with Gasteiger partial charge in [-0.15, -0.1) is 11.3 Å². The summed E-state index contributed by atoms with van der Waals surface area (Å²) in [6, 6.07) is 0. The summed E-state index contributed by atoms with van der Waals surface area (Å²) in [5, 5.41) is 13.7. The Labute approximate surface area is 110 Å². The van der Waals surface area contributed by atoms with Crippen molar-refractivity contribution in [1.82, 2.24) is 9.88 Å². The smallest absolute Gasteiger partial charge is 0.273 e. The first kappa shape index (κ1) is 14.6. The third-order valence-corrected chi connectivity index (χ3v) is 2.99. The van der Waals surface area contributed by atoms with Crippen molar-refractivity contribution in [2.75, 3.05) is 18.9 Å². The molecule has 1 rings (SSSR count). The first-order valence-electron chi connectivity index (χ1n) is 5.56. The number of aliphatic hydroxyl groups excluding tert-OH is 1. The highest BCUT2D eigenvalue weighted by Gasteiger charge is 2.16. The van der Waals surface area contributed by atoms with Crippen molar-refractivity contribution in [3.05, 3.63) is 11.1 Å². The van der Waals surface area contributed by atoms with Gasteiger partial charge in [-0.1, -0.05) is 0 Å². The molecule has 0 radical (unpaired) electrons. The lowest BCUT2D eigenvalue weighted by Crippen LogP contribution is -2.29. The second-order valence-electron chi connectivity index (χ2n) is 4.08. The summed E-state index contributed by atoms with van der Waals surface area (Å²) in [6.45, 7) is 3.52. The van der Waals surface area contributed by atoms with Gasteiger partial charge < -0.3 is 15.3 Å². The Bertz CT molecular complexity index is 431. The van der Waals surface area contributed by atoms with Crippen LogP contribution in [0.2, 0.25) is 0 Å². The van der Waals surface area contributed by atoms with Gasteiger partial charge in [-0.2, -0.15) is 0 Å². The standard InChI is InChI=1S/C11H17N3O3S/c1-7(15)4-5-14(3)10(17)9-6-18-11(13-9)12-8(2)16/h6-7,15H,4-5H2,1-3H3,(H,12,13,16). The van der Waals surface area contributed by atoms with Gasteiger partial charge in [-0.3, -0.25) is 9.59 Å². The summed E-state index contributed by atoms with van der Waals surface area (Å²) in [5.41, 5.74) is 0.303. The van der Waals surface area contributed by atoms with Crippen molar-refractivity contribution < 1.29 is 14.7 Å². The van der Waals surface area contributed by atoms with Crippen LogP contribution >= 0.6 is 11.3 Å². The highest BCUT2D eigenvalue weighted by molar-refractivity contribution is 7.14. The summed E-state index contributed by atoms with van der Waals surface area (Å²) in [6.07, 6.45) is 0.0795. The van der Waals surface area contributed by atoms with E-state index in [-0.39, 0.29) is 11.8 Å². The second kappa shape index (κ2) is 6.46. The lowest BCUT2D eigenvalue weighted by molar-refractivity contribution is -0.114. The number of anilines is 1. The van der Waals surface area contributed by atoms with Gasteiger partial charge in [0, 0.05) is 25.9 Å². The molecule has 1 heterocycles. The highest BCUT2D eigenvalue weighted by atomic mass is 32.1. The largest absolute Gasteiger partial charge is 0.393 e. The number of carbonyl (C=O) groups is 2. The SMILES string of the molecule is CC(=O)Nc1nc(C(=O)N(C)CCC(C)O)cs1. The molecule has 0 saturated heterocycles. The van der Waals surface area contributed by atoms with Gasteiger partial charge in [0.2, 0.25) is 5.91 Å². The van der Waals surface area contributed by atoms with Crippen molar-refractivity contribution >= 4 is 28.3 Å². The summed E-state index contributed by atoms with van der Waals surface area (Å²) in [5.74, 6) is -0.436. The molecule has 7 heteroatoms. The van der Waals surface area contributed by atoms with Crippen LogP contribution in [-0.4, -0.2) is 46.5 Å². The summed E-state index contributed by atoms with van der Waals surface area (Å²) in [4.78, 5) is 28.3. The summed E-state index contributed by atoms with van der Waals surface area (Å²) in [7, 11) is 1.65. The van der Waals surface area contributed by atoms with Crippen LogP contribution in [0.4, 0.5) is 5.13 Å². The topological polar surface area (TPSA) is 82.5 Å². The number of aromatic nitrogens is 1. The number of amides is 2. The van der Waals surface area contributed by atoms with Gasteiger partial charge in [-0.25, -0.2) is 4.98 Å². The van der Waals surface area contributed by atoms with E-state index in [1.165, 1.54) is 23.2 Å².